The van der Waals surface area contributed by atoms with Crippen LogP contribution in [0.2, 0.25) is 0 Å². The van der Waals surface area contributed by atoms with E-state index in [-0.39, 0.29) is 5.91 Å². The van der Waals surface area contributed by atoms with E-state index >= 15 is 0 Å². The van der Waals surface area contributed by atoms with Gasteiger partial charge < -0.3 is 14.6 Å². The number of nitrogens with one attached hydrogen (secondary N) is 1. The summed E-state index contributed by atoms with van der Waals surface area (Å²) < 4.78 is 5.23. The summed E-state index contributed by atoms with van der Waals surface area (Å²) >= 11 is 0. The Morgan fingerprint density at radius 2 is 2.24 bits per heavy atom. The van der Waals surface area contributed by atoms with E-state index in [4.69, 9.17) is 4.42 Å². The molecule has 0 spiro atoms. The van der Waals surface area contributed by atoms with Crippen LogP contribution in [0.5, 0.6) is 0 Å². The average Bonchev–Trinajstić information content (AvgIpc) is 2.60. The molecular formula is C13H18N2O2. The van der Waals surface area contributed by atoms with Gasteiger partial charge in [-0.05, 0) is 25.5 Å². The molecule has 1 amide bonds. The summed E-state index contributed by atoms with van der Waals surface area (Å²) in [4.78, 5) is 13.9. The molecule has 0 saturated carbocycles. The van der Waals surface area contributed by atoms with Gasteiger partial charge in [0.1, 0.15) is 5.76 Å². The van der Waals surface area contributed by atoms with Crippen molar-refractivity contribution < 1.29 is 9.21 Å². The predicted octanol–water partition coefficient (Wildman–Crippen LogP) is 1.47. The van der Waals surface area contributed by atoms with Gasteiger partial charge in [0.05, 0.1) is 6.26 Å². The van der Waals surface area contributed by atoms with Gasteiger partial charge in [0.2, 0.25) is 5.91 Å². The van der Waals surface area contributed by atoms with Crippen LogP contribution < -0.4 is 5.32 Å². The van der Waals surface area contributed by atoms with Crippen LogP contribution in [0.15, 0.2) is 27.9 Å². The zero-order chi connectivity index (χ0) is 12.4. The van der Waals surface area contributed by atoms with Crippen molar-refractivity contribution in [3.8, 4) is 0 Å². The minimum Gasteiger partial charge on any atom is -0.469 e. The van der Waals surface area contributed by atoms with E-state index in [0.717, 1.165) is 30.0 Å². The number of hydrogen-bond acceptors (Lipinski definition) is 3. The molecule has 0 radical (unpaired) electrons. The second-order valence-electron chi connectivity index (χ2n) is 4.50. The molecule has 2 heterocycles. The first-order valence-corrected chi connectivity index (χ1v) is 5.77. The van der Waals surface area contributed by atoms with E-state index in [1.807, 2.05) is 27.0 Å². The highest BCUT2D eigenvalue weighted by Gasteiger charge is 2.19. The SMILES string of the molecule is CC(C(=O)N(C)Cc1ccoc1C)=C1CNC1. The standard InChI is InChI=1S/C13H18N2O2/c1-9(12-6-14-7-12)13(16)15(3)8-11-4-5-17-10(11)2/h4-5,14H,6-8H2,1-3H3. The Bertz CT molecular complexity index is 454. The van der Waals surface area contributed by atoms with Gasteiger partial charge in [-0.2, -0.15) is 0 Å². The first-order chi connectivity index (χ1) is 8.09. The first-order valence-electron chi connectivity index (χ1n) is 5.77. The molecule has 4 heteroatoms. The molecule has 0 atom stereocenters. The normalized spacial score (nSPS) is 14.4. The molecule has 1 aliphatic heterocycles. The number of amides is 1. The van der Waals surface area contributed by atoms with Crippen molar-refractivity contribution in [1.29, 1.82) is 0 Å². The molecule has 1 saturated heterocycles. The van der Waals surface area contributed by atoms with Crippen LogP contribution in [0.4, 0.5) is 0 Å². The molecule has 0 bridgehead atoms. The summed E-state index contributed by atoms with van der Waals surface area (Å²) in [5, 5.41) is 3.15. The molecule has 4 nitrogen and oxygen atoms in total. The lowest BCUT2D eigenvalue weighted by molar-refractivity contribution is -0.126. The number of aryl methyl sites for hydroxylation is 1. The summed E-state index contributed by atoms with van der Waals surface area (Å²) in [7, 11) is 1.82. The topological polar surface area (TPSA) is 45.5 Å². The van der Waals surface area contributed by atoms with Crippen LogP contribution in [-0.4, -0.2) is 30.9 Å². The Labute approximate surface area is 101 Å². The van der Waals surface area contributed by atoms with Crippen LogP contribution >= 0.6 is 0 Å². The van der Waals surface area contributed by atoms with Crippen molar-refractivity contribution in [1.82, 2.24) is 10.2 Å². The van der Waals surface area contributed by atoms with E-state index < -0.39 is 0 Å². The monoisotopic (exact) mass is 234 g/mol. The van der Waals surface area contributed by atoms with E-state index in [2.05, 4.69) is 5.32 Å². The smallest absolute Gasteiger partial charge is 0.249 e. The molecule has 92 valence electrons. The summed E-state index contributed by atoms with van der Waals surface area (Å²) in [5.41, 5.74) is 3.14. The maximum atomic E-state index is 12.1. The third-order valence-corrected chi connectivity index (χ3v) is 3.25. The Morgan fingerprint density at radius 1 is 1.53 bits per heavy atom. The molecule has 0 unspecified atom stereocenters. The van der Waals surface area contributed by atoms with Crippen molar-refractivity contribution >= 4 is 5.91 Å². The third-order valence-electron chi connectivity index (χ3n) is 3.25. The van der Waals surface area contributed by atoms with Crippen LogP contribution in [0.1, 0.15) is 18.2 Å². The minimum absolute atomic E-state index is 0.0992. The predicted molar refractivity (Wildman–Crippen MR) is 65.5 cm³/mol. The summed E-state index contributed by atoms with van der Waals surface area (Å²) in [6, 6.07) is 1.91. The van der Waals surface area contributed by atoms with Crippen LogP contribution in [0.25, 0.3) is 0 Å². The van der Waals surface area contributed by atoms with Crippen molar-refractivity contribution in [3.63, 3.8) is 0 Å². The van der Waals surface area contributed by atoms with E-state index in [1.165, 1.54) is 5.57 Å². The van der Waals surface area contributed by atoms with Crippen molar-refractivity contribution in [2.24, 2.45) is 0 Å². The highest BCUT2D eigenvalue weighted by molar-refractivity contribution is 5.93. The lowest BCUT2D eigenvalue weighted by Crippen LogP contribution is -2.38. The molecule has 0 aliphatic carbocycles. The maximum absolute atomic E-state index is 12.1. The van der Waals surface area contributed by atoms with Gasteiger partial charge in [0.25, 0.3) is 0 Å². The van der Waals surface area contributed by atoms with E-state index in [0.29, 0.717) is 6.54 Å². The number of furan rings is 1. The number of carbonyl (C=O) groups excluding carboxylic acids is 1. The number of nitrogens with zero attached hydrogens (tertiary/aromatic N) is 1. The highest BCUT2D eigenvalue weighted by atomic mass is 16.3. The number of hydrogen-bond donors (Lipinski definition) is 1. The number of carbonyl (C=O) groups is 1. The zero-order valence-electron chi connectivity index (χ0n) is 10.5. The zero-order valence-corrected chi connectivity index (χ0v) is 10.5. The molecule has 2 rings (SSSR count). The molecular weight excluding hydrogens is 216 g/mol. The van der Waals surface area contributed by atoms with Gasteiger partial charge in [-0.15, -0.1) is 0 Å². The second-order valence-corrected chi connectivity index (χ2v) is 4.50. The molecule has 17 heavy (non-hydrogen) atoms. The molecule has 1 aromatic rings. The quantitative estimate of drug-likeness (QED) is 0.805. The Kier molecular flexibility index (Phi) is 3.33. The fourth-order valence-corrected chi connectivity index (χ4v) is 1.86. The Morgan fingerprint density at radius 3 is 2.71 bits per heavy atom. The van der Waals surface area contributed by atoms with Gasteiger partial charge in [0, 0.05) is 37.8 Å². The van der Waals surface area contributed by atoms with Crippen LogP contribution in [0.3, 0.4) is 0 Å². The fraction of sp³-hybridized carbons (Fsp3) is 0.462. The summed E-state index contributed by atoms with van der Waals surface area (Å²) in [6.07, 6.45) is 1.66. The Balaban J connectivity index is 2.03. The number of likely N-dealkylation sites (N-methyl/N-ethyl adjacent to an activating group) is 1. The molecule has 1 aliphatic rings. The second kappa shape index (κ2) is 4.75. The van der Waals surface area contributed by atoms with Crippen molar-refractivity contribution in [2.75, 3.05) is 20.1 Å². The van der Waals surface area contributed by atoms with Gasteiger partial charge in [-0.1, -0.05) is 0 Å². The fourth-order valence-electron chi connectivity index (χ4n) is 1.86. The van der Waals surface area contributed by atoms with Gasteiger partial charge in [-0.3, -0.25) is 4.79 Å². The largest absolute Gasteiger partial charge is 0.469 e. The molecule has 1 aromatic heterocycles. The van der Waals surface area contributed by atoms with Crippen LogP contribution in [-0.2, 0) is 11.3 Å². The number of rotatable bonds is 3. The average molecular weight is 234 g/mol. The van der Waals surface area contributed by atoms with E-state index in [9.17, 15) is 4.79 Å². The molecule has 1 N–H and O–H groups in total. The first kappa shape index (κ1) is 11.9. The van der Waals surface area contributed by atoms with Gasteiger partial charge >= 0.3 is 0 Å². The van der Waals surface area contributed by atoms with Crippen LogP contribution in [0, 0.1) is 6.92 Å². The summed E-state index contributed by atoms with van der Waals surface area (Å²) in [6.45, 7) is 6.09. The van der Waals surface area contributed by atoms with Gasteiger partial charge in [-0.25, -0.2) is 0 Å². The lowest BCUT2D eigenvalue weighted by atomic mass is 10.0. The van der Waals surface area contributed by atoms with Gasteiger partial charge in [0.15, 0.2) is 0 Å². The van der Waals surface area contributed by atoms with Crippen molar-refractivity contribution in [3.05, 3.63) is 34.8 Å². The summed E-state index contributed by atoms with van der Waals surface area (Å²) in [5.74, 6) is 0.974. The maximum Gasteiger partial charge on any atom is 0.249 e. The minimum atomic E-state index is 0.0992. The molecule has 1 fully saturated rings. The Hall–Kier alpha value is -1.55. The lowest BCUT2D eigenvalue weighted by Gasteiger charge is -2.24. The molecule has 0 aromatic carbocycles. The third kappa shape index (κ3) is 2.42. The van der Waals surface area contributed by atoms with Crippen molar-refractivity contribution in [2.45, 2.75) is 20.4 Å². The highest BCUT2D eigenvalue weighted by Crippen LogP contribution is 2.15. The van der Waals surface area contributed by atoms with E-state index in [1.54, 1.807) is 11.2 Å².